The van der Waals surface area contributed by atoms with Crippen LogP contribution in [0.4, 0.5) is 0 Å². The minimum atomic E-state index is -0.357. The largest absolute Gasteiger partial charge is 0.493 e. The van der Waals surface area contributed by atoms with Crippen molar-refractivity contribution in [3.63, 3.8) is 0 Å². The summed E-state index contributed by atoms with van der Waals surface area (Å²) in [7, 11) is 4.53. The minimum absolute atomic E-state index is 0.0164. The molecule has 1 aliphatic rings. The molecule has 22 heavy (non-hydrogen) atoms. The van der Waals surface area contributed by atoms with E-state index < -0.39 is 0 Å². The third-order valence-electron chi connectivity index (χ3n) is 3.88. The Balaban J connectivity index is 2.02. The zero-order valence-electron chi connectivity index (χ0n) is 13.1. The van der Waals surface area contributed by atoms with E-state index in [-0.39, 0.29) is 24.2 Å². The molecule has 1 saturated heterocycles. The van der Waals surface area contributed by atoms with E-state index in [2.05, 4.69) is 0 Å². The van der Waals surface area contributed by atoms with Crippen molar-refractivity contribution in [3.8, 4) is 11.5 Å². The molecule has 1 amide bonds. The fourth-order valence-electron chi connectivity index (χ4n) is 2.72. The molecule has 120 valence electrons. The second-order valence-electron chi connectivity index (χ2n) is 5.17. The Morgan fingerprint density at radius 2 is 2.05 bits per heavy atom. The Morgan fingerprint density at radius 1 is 1.27 bits per heavy atom. The maximum atomic E-state index is 12.0. The van der Waals surface area contributed by atoms with Crippen LogP contribution in [0.5, 0.6) is 11.5 Å². The van der Waals surface area contributed by atoms with Crippen LogP contribution in [0.3, 0.4) is 0 Å². The molecule has 0 N–H and O–H groups in total. The van der Waals surface area contributed by atoms with Crippen molar-refractivity contribution in [2.75, 3.05) is 34.4 Å². The van der Waals surface area contributed by atoms with Gasteiger partial charge in [0.05, 0.1) is 27.2 Å². The quantitative estimate of drug-likeness (QED) is 0.741. The van der Waals surface area contributed by atoms with Crippen molar-refractivity contribution >= 4 is 11.9 Å². The molecule has 1 aromatic rings. The molecule has 0 aliphatic carbocycles. The lowest BCUT2D eigenvalue weighted by Gasteiger charge is -2.18. The lowest BCUT2D eigenvalue weighted by Crippen LogP contribution is -2.28. The maximum absolute atomic E-state index is 12.0. The van der Waals surface area contributed by atoms with Crippen LogP contribution >= 0.6 is 0 Å². The fraction of sp³-hybridized carbons (Fsp3) is 0.500. The molecule has 6 heteroatoms. The van der Waals surface area contributed by atoms with Crippen LogP contribution in [0, 0.1) is 5.92 Å². The van der Waals surface area contributed by atoms with Crippen molar-refractivity contribution < 1.29 is 23.8 Å². The molecule has 0 bridgehead atoms. The zero-order valence-corrected chi connectivity index (χ0v) is 13.1. The number of likely N-dealkylation sites (tertiary alicyclic amines) is 1. The van der Waals surface area contributed by atoms with E-state index in [9.17, 15) is 9.59 Å². The fourth-order valence-corrected chi connectivity index (χ4v) is 2.72. The van der Waals surface area contributed by atoms with Gasteiger partial charge in [-0.15, -0.1) is 0 Å². The van der Waals surface area contributed by atoms with Gasteiger partial charge >= 0.3 is 5.97 Å². The van der Waals surface area contributed by atoms with Crippen molar-refractivity contribution in [1.29, 1.82) is 0 Å². The van der Waals surface area contributed by atoms with Gasteiger partial charge in [-0.1, -0.05) is 12.1 Å². The molecular weight excluding hydrogens is 286 g/mol. The number of nitrogens with zero attached hydrogens (tertiary/aromatic N) is 1. The number of para-hydroxylation sites is 1. The van der Waals surface area contributed by atoms with Gasteiger partial charge in [-0.3, -0.25) is 9.59 Å². The number of carbonyl (C=O) groups is 2. The van der Waals surface area contributed by atoms with E-state index in [0.717, 1.165) is 5.56 Å². The molecule has 0 aromatic heterocycles. The summed E-state index contributed by atoms with van der Waals surface area (Å²) in [4.78, 5) is 25.2. The molecule has 0 saturated carbocycles. The molecule has 2 rings (SSSR count). The van der Waals surface area contributed by atoms with Gasteiger partial charge in [0.1, 0.15) is 0 Å². The standard InChI is InChI=1S/C16H21NO5/c1-20-13-6-4-5-11(15(13)21-2)7-8-17-10-12(9-14(17)18)16(19)22-3/h4-6,12H,7-10H2,1-3H3. The van der Waals surface area contributed by atoms with E-state index in [0.29, 0.717) is 31.0 Å². The Labute approximate surface area is 129 Å². The predicted octanol–water partition coefficient (Wildman–Crippen LogP) is 1.27. The normalized spacial score (nSPS) is 17.5. The monoisotopic (exact) mass is 307 g/mol. The number of rotatable bonds is 6. The lowest BCUT2D eigenvalue weighted by atomic mass is 10.1. The first kappa shape index (κ1) is 16.1. The highest BCUT2D eigenvalue weighted by Gasteiger charge is 2.34. The molecule has 1 fully saturated rings. The number of methoxy groups -OCH3 is 3. The maximum Gasteiger partial charge on any atom is 0.310 e. The van der Waals surface area contributed by atoms with Crippen LogP contribution in [-0.4, -0.2) is 51.2 Å². The molecule has 0 radical (unpaired) electrons. The Hall–Kier alpha value is -2.24. The number of hydrogen-bond donors (Lipinski definition) is 0. The van der Waals surface area contributed by atoms with Gasteiger partial charge in [-0.05, 0) is 18.1 Å². The van der Waals surface area contributed by atoms with E-state index >= 15 is 0 Å². The molecule has 1 aromatic carbocycles. The van der Waals surface area contributed by atoms with Gasteiger partial charge in [0.2, 0.25) is 5.91 Å². The molecule has 6 nitrogen and oxygen atoms in total. The summed E-state index contributed by atoms with van der Waals surface area (Å²) >= 11 is 0. The van der Waals surface area contributed by atoms with Gasteiger partial charge in [0.25, 0.3) is 0 Å². The second-order valence-corrected chi connectivity index (χ2v) is 5.17. The first-order valence-corrected chi connectivity index (χ1v) is 7.16. The van der Waals surface area contributed by atoms with Crippen molar-refractivity contribution in [1.82, 2.24) is 4.90 Å². The third kappa shape index (κ3) is 3.32. The van der Waals surface area contributed by atoms with Gasteiger partial charge in [-0.2, -0.15) is 0 Å². The van der Waals surface area contributed by atoms with Gasteiger partial charge in [0.15, 0.2) is 11.5 Å². The van der Waals surface area contributed by atoms with Crippen LogP contribution in [0.1, 0.15) is 12.0 Å². The average molecular weight is 307 g/mol. The van der Waals surface area contributed by atoms with Crippen LogP contribution in [0.25, 0.3) is 0 Å². The van der Waals surface area contributed by atoms with Crippen molar-refractivity contribution in [3.05, 3.63) is 23.8 Å². The summed E-state index contributed by atoms with van der Waals surface area (Å²) in [6.45, 7) is 0.952. The van der Waals surface area contributed by atoms with Gasteiger partial charge < -0.3 is 19.1 Å². The number of carbonyl (C=O) groups excluding carboxylic acids is 2. The zero-order chi connectivity index (χ0) is 16.1. The lowest BCUT2D eigenvalue weighted by molar-refractivity contribution is -0.145. The smallest absolute Gasteiger partial charge is 0.310 e. The van der Waals surface area contributed by atoms with Crippen LogP contribution in [0.2, 0.25) is 0 Å². The summed E-state index contributed by atoms with van der Waals surface area (Å²) in [6.07, 6.45) is 0.863. The molecular formula is C16H21NO5. The minimum Gasteiger partial charge on any atom is -0.493 e. The number of ether oxygens (including phenoxy) is 3. The Kier molecular flexibility index (Phi) is 5.25. The molecule has 1 atom stereocenters. The van der Waals surface area contributed by atoms with E-state index in [1.54, 1.807) is 19.1 Å². The number of benzene rings is 1. The highest BCUT2D eigenvalue weighted by Crippen LogP contribution is 2.31. The van der Waals surface area contributed by atoms with Crippen LogP contribution in [0.15, 0.2) is 18.2 Å². The van der Waals surface area contributed by atoms with Crippen molar-refractivity contribution in [2.24, 2.45) is 5.92 Å². The topological polar surface area (TPSA) is 65.1 Å². The Morgan fingerprint density at radius 3 is 2.68 bits per heavy atom. The van der Waals surface area contributed by atoms with E-state index in [1.165, 1.54) is 7.11 Å². The summed E-state index contributed by atoms with van der Waals surface area (Å²) in [6, 6.07) is 5.66. The third-order valence-corrected chi connectivity index (χ3v) is 3.88. The summed E-state index contributed by atoms with van der Waals surface area (Å²) in [5.74, 6) is 0.651. The second kappa shape index (κ2) is 7.15. The summed E-state index contributed by atoms with van der Waals surface area (Å²) in [5, 5.41) is 0. The molecule has 0 spiro atoms. The first-order valence-electron chi connectivity index (χ1n) is 7.16. The number of hydrogen-bond acceptors (Lipinski definition) is 5. The predicted molar refractivity (Wildman–Crippen MR) is 80.0 cm³/mol. The highest BCUT2D eigenvalue weighted by atomic mass is 16.5. The van der Waals surface area contributed by atoms with E-state index in [4.69, 9.17) is 14.2 Å². The van der Waals surface area contributed by atoms with Crippen LogP contribution in [-0.2, 0) is 20.7 Å². The van der Waals surface area contributed by atoms with Gasteiger partial charge in [0, 0.05) is 19.5 Å². The molecule has 1 unspecified atom stereocenters. The van der Waals surface area contributed by atoms with Crippen molar-refractivity contribution in [2.45, 2.75) is 12.8 Å². The highest BCUT2D eigenvalue weighted by molar-refractivity contribution is 5.86. The average Bonchev–Trinajstić information content (AvgIpc) is 2.92. The van der Waals surface area contributed by atoms with Crippen LogP contribution < -0.4 is 9.47 Å². The number of amides is 1. The first-order chi connectivity index (χ1) is 10.6. The number of esters is 1. The van der Waals surface area contributed by atoms with Gasteiger partial charge in [-0.25, -0.2) is 0 Å². The molecule has 1 aliphatic heterocycles. The molecule has 1 heterocycles. The summed E-state index contributed by atoms with van der Waals surface area (Å²) < 4.78 is 15.4. The SMILES string of the molecule is COC(=O)C1CC(=O)N(CCc2cccc(OC)c2OC)C1. The summed E-state index contributed by atoms with van der Waals surface area (Å²) in [5.41, 5.74) is 0.969. The Bertz CT molecular complexity index is 557. The van der Waals surface area contributed by atoms with E-state index in [1.807, 2.05) is 18.2 Å².